The molecule has 0 saturated heterocycles. The first-order valence-electron chi connectivity index (χ1n) is 18.2. The van der Waals surface area contributed by atoms with Crippen LogP contribution in [0.5, 0.6) is 0 Å². The number of benzene rings is 7. The summed E-state index contributed by atoms with van der Waals surface area (Å²) in [6.45, 7) is 0. The monoisotopic (exact) mass is 707 g/mol. The van der Waals surface area contributed by atoms with E-state index in [2.05, 4.69) is 102 Å². The fraction of sp³-hybridized carbons (Fsp3) is 0. The lowest BCUT2D eigenvalue weighted by molar-refractivity contribution is 0.841. The van der Waals surface area contributed by atoms with E-state index in [1.807, 2.05) is 72.8 Å². The Morgan fingerprint density at radius 1 is 0.345 bits per heavy atom. The molecule has 0 aliphatic rings. The van der Waals surface area contributed by atoms with Gasteiger partial charge < -0.3 is 4.57 Å². The van der Waals surface area contributed by atoms with Gasteiger partial charge >= 0.3 is 0 Å². The zero-order chi connectivity index (χ0) is 36.6. The van der Waals surface area contributed by atoms with Gasteiger partial charge in [-0.15, -0.1) is 0 Å². The van der Waals surface area contributed by atoms with Crippen molar-refractivity contribution in [1.29, 1.82) is 0 Å². The Morgan fingerprint density at radius 3 is 1.58 bits per heavy atom. The SMILES string of the molecule is O=c1c2ccccc2n2c3ccc(-c4ccc5c(c4)c4ccccc4n5-c4cccc(-c5nc(-c6ccccc6)cc(-c6ccccc6)n5)c4)cc3c(=O)n12. The topological polar surface area (TPSA) is 73.7 Å². The average Bonchev–Trinajstić information content (AvgIpc) is 3.86. The van der Waals surface area contributed by atoms with Gasteiger partial charge in [-0.25, -0.2) is 14.5 Å². The van der Waals surface area contributed by atoms with Crippen LogP contribution in [0, 0.1) is 0 Å². The maximum absolute atomic E-state index is 13.7. The van der Waals surface area contributed by atoms with Crippen molar-refractivity contribution < 1.29 is 0 Å². The molecule has 0 spiro atoms. The first-order chi connectivity index (χ1) is 27.1. The van der Waals surface area contributed by atoms with Gasteiger partial charge in [0.25, 0.3) is 11.1 Å². The molecule has 4 aromatic heterocycles. The van der Waals surface area contributed by atoms with Gasteiger partial charge in [0.15, 0.2) is 5.82 Å². The summed E-state index contributed by atoms with van der Waals surface area (Å²) < 4.78 is 5.26. The highest BCUT2D eigenvalue weighted by atomic mass is 16.2. The zero-order valence-corrected chi connectivity index (χ0v) is 29.3. The van der Waals surface area contributed by atoms with E-state index in [-0.39, 0.29) is 11.1 Å². The van der Waals surface area contributed by atoms with Gasteiger partial charge in [0.05, 0.1) is 44.2 Å². The molecule has 11 aromatic rings. The van der Waals surface area contributed by atoms with E-state index in [1.54, 1.807) is 10.6 Å². The van der Waals surface area contributed by atoms with Crippen LogP contribution < -0.4 is 11.1 Å². The summed E-state index contributed by atoms with van der Waals surface area (Å²) >= 11 is 0. The standard InChI is InChI=1S/C48H29N5O2/c54-47-37-19-8-10-21-44(37)52-45-25-23-33(28-39(45)48(55)53(47)52)32-22-24-43-38(27-32)36-18-7-9-20-42(36)51(43)35-17-11-16-34(26-35)46-49-40(30-12-3-1-4-13-30)29-41(50-46)31-14-5-2-6-15-31/h1-29H. The lowest BCUT2D eigenvalue weighted by Gasteiger charge is -2.12. The Labute approximate surface area is 313 Å². The van der Waals surface area contributed by atoms with E-state index >= 15 is 0 Å². The smallest absolute Gasteiger partial charge is 0.282 e. The highest BCUT2D eigenvalue weighted by Crippen LogP contribution is 2.37. The van der Waals surface area contributed by atoms with Gasteiger partial charge in [-0.1, -0.05) is 115 Å². The van der Waals surface area contributed by atoms with Crippen LogP contribution in [0.15, 0.2) is 186 Å². The molecule has 0 unspecified atom stereocenters. The Kier molecular flexibility index (Phi) is 6.72. The normalized spacial score (nSPS) is 11.8. The van der Waals surface area contributed by atoms with Crippen molar-refractivity contribution in [1.82, 2.24) is 23.6 Å². The van der Waals surface area contributed by atoms with Crippen molar-refractivity contribution in [3.63, 3.8) is 0 Å². The van der Waals surface area contributed by atoms with Crippen LogP contribution in [0.1, 0.15) is 0 Å². The largest absolute Gasteiger partial charge is 0.309 e. The lowest BCUT2D eigenvalue weighted by atomic mass is 10.0. The summed E-state index contributed by atoms with van der Waals surface area (Å²) in [6.07, 6.45) is 0. The van der Waals surface area contributed by atoms with E-state index < -0.39 is 0 Å². The summed E-state index contributed by atoms with van der Waals surface area (Å²) in [6, 6.07) is 59.0. The molecule has 0 bridgehead atoms. The van der Waals surface area contributed by atoms with Crippen LogP contribution >= 0.6 is 0 Å². The fourth-order valence-corrected chi connectivity index (χ4v) is 8.06. The molecule has 55 heavy (non-hydrogen) atoms. The second kappa shape index (κ2) is 11.9. The molecule has 0 fully saturated rings. The second-order valence-electron chi connectivity index (χ2n) is 13.8. The van der Waals surface area contributed by atoms with Gasteiger partial charge in [-0.2, -0.15) is 4.52 Å². The fourth-order valence-electron chi connectivity index (χ4n) is 8.06. The molecule has 7 aromatic carbocycles. The highest BCUT2D eigenvalue weighted by Gasteiger charge is 2.19. The summed E-state index contributed by atoms with van der Waals surface area (Å²) in [5, 5.41) is 3.24. The Balaban J connectivity index is 1.05. The minimum Gasteiger partial charge on any atom is -0.309 e. The summed E-state index contributed by atoms with van der Waals surface area (Å²) in [7, 11) is 0. The molecule has 7 nitrogen and oxygen atoms in total. The minimum atomic E-state index is -0.315. The average molecular weight is 708 g/mol. The minimum absolute atomic E-state index is 0.302. The molecule has 0 aliphatic heterocycles. The van der Waals surface area contributed by atoms with Crippen LogP contribution in [0.2, 0.25) is 0 Å². The highest BCUT2D eigenvalue weighted by molar-refractivity contribution is 6.10. The Morgan fingerprint density at radius 2 is 0.873 bits per heavy atom. The molecular formula is C48H29N5O2. The number of rotatable bonds is 5. The molecule has 11 rings (SSSR count). The van der Waals surface area contributed by atoms with Crippen molar-refractivity contribution in [2.75, 3.05) is 0 Å². The summed E-state index contributed by atoms with van der Waals surface area (Å²) in [5.41, 5.74) is 10.5. The van der Waals surface area contributed by atoms with Gasteiger partial charge in [0.2, 0.25) is 0 Å². The Hall–Kier alpha value is -7.64. The van der Waals surface area contributed by atoms with E-state index in [4.69, 9.17) is 9.97 Å². The molecular weight excluding hydrogens is 679 g/mol. The third kappa shape index (κ3) is 4.77. The van der Waals surface area contributed by atoms with E-state index in [1.165, 1.54) is 4.52 Å². The van der Waals surface area contributed by atoms with Crippen LogP contribution in [0.25, 0.3) is 94.3 Å². The van der Waals surface area contributed by atoms with Crippen LogP contribution in [0.4, 0.5) is 0 Å². The maximum Gasteiger partial charge on any atom is 0.282 e. The quantitative estimate of drug-likeness (QED) is 0.179. The van der Waals surface area contributed by atoms with E-state index in [0.29, 0.717) is 22.1 Å². The number of aromatic nitrogens is 5. The van der Waals surface area contributed by atoms with Crippen LogP contribution in [-0.2, 0) is 0 Å². The third-order valence-corrected chi connectivity index (χ3v) is 10.6. The zero-order valence-electron chi connectivity index (χ0n) is 29.3. The predicted octanol–water partition coefficient (Wildman–Crippen LogP) is 10.1. The van der Waals surface area contributed by atoms with Crippen molar-refractivity contribution in [2.45, 2.75) is 0 Å². The molecule has 0 radical (unpaired) electrons. The van der Waals surface area contributed by atoms with Crippen molar-refractivity contribution in [3.8, 4) is 50.7 Å². The number of hydrogen-bond donors (Lipinski definition) is 0. The first kappa shape index (κ1) is 30.9. The van der Waals surface area contributed by atoms with Crippen molar-refractivity contribution >= 4 is 43.6 Å². The number of fused-ring (bicyclic) bond motifs is 8. The second-order valence-corrected chi connectivity index (χ2v) is 13.8. The summed E-state index contributed by atoms with van der Waals surface area (Å²) in [5.74, 6) is 0.651. The number of nitrogens with zero attached hydrogens (tertiary/aromatic N) is 5. The molecule has 0 saturated carbocycles. The van der Waals surface area contributed by atoms with Crippen LogP contribution in [-0.4, -0.2) is 23.6 Å². The first-order valence-corrected chi connectivity index (χ1v) is 18.2. The molecule has 4 heterocycles. The Bertz CT molecular complexity index is 3360. The lowest BCUT2D eigenvalue weighted by Crippen LogP contribution is -2.21. The van der Waals surface area contributed by atoms with Gasteiger partial charge in [0.1, 0.15) is 0 Å². The number of para-hydroxylation sites is 2. The van der Waals surface area contributed by atoms with Crippen LogP contribution in [0.3, 0.4) is 0 Å². The summed E-state index contributed by atoms with van der Waals surface area (Å²) in [4.78, 5) is 37.0. The third-order valence-electron chi connectivity index (χ3n) is 10.6. The number of hydrogen-bond acceptors (Lipinski definition) is 4. The molecule has 0 aliphatic carbocycles. The van der Waals surface area contributed by atoms with E-state index in [0.717, 1.165) is 72.2 Å². The van der Waals surface area contributed by atoms with Gasteiger partial charge in [-0.3, -0.25) is 9.59 Å². The molecule has 258 valence electrons. The van der Waals surface area contributed by atoms with E-state index in [9.17, 15) is 9.59 Å². The maximum atomic E-state index is 13.7. The molecule has 0 amide bonds. The van der Waals surface area contributed by atoms with Crippen molar-refractivity contribution in [2.24, 2.45) is 0 Å². The predicted molar refractivity (Wildman–Crippen MR) is 221 cm³/mol. The molecule has 0 atom stereocenters. The van der Waals surface area contributed by atoms with Gasteiger partial charge in [0, 0.05) is 33.2 Å². The van der Waals surface area contributed by atoms with Gasteiger partial charge in [-0.05, 0) is 71.8 Å². The van der Waals surface area contributed by atoms with Crippen molar-refractivity contribution in [3.05, 3.63) is 197 Å². The molecule has 0 N–H and O–H groups in total. The molecule has 7 heteroatoms.